The van der Waals surface area contributed by atoms with Crippen LogP contribution in [0.2, 0.25) is 0 Å². The number of benzene rings is 2. The van der Waals surface area contributed by atoms with E-state index in [2.05, 4.69) is 22.0 Å². The van der Waals surface area contributed by atoms with Crippen molar-refractivity contribution < 1.29 is 9.84 Å². The molecule has 0 saturated carbocycles. The molecule has 0 amide bonds. The van der Waals surface area contributed by atoms with Crippen LogP contribution in [0.4, 0.5) is 0 Å². The summed E-state index contributed by atoms with van der Waals surface area (Å²) in [6, 6.07) is 12.3. The van der Waals surface area contributed by atoms with Crippen LogP contribution in [0, 0.1) is 18.3 Å². The molecule has 2 aromatic carbocycles. The number of phenolic OH excluding ortho intramolecular Hbond substituents is 1. The Labute approximate surface area is 113 Å². The maximum Gasteiger partial charge on any atom is 0.145 e. The Morgan fingerprint density at radius 2 is 2.00 bits per heavy atom. The van der Waals surface area contributed by atoms with Gasteiger partial charge in [-0.3, -0.25) is 0 Å². The Morgan fingerprint density at radius 3 is 2.72 bits per heavy atom. The van der Waals surface area contributed by atoms with Crippen LogP contribution in [-0.2, 0) is 0 Å². The smallest absolute Gasteiger partial charge is 0.145 e. The minimum atomic E-state index is 0.170. The fourth-order valence-corrected chi connectivity index (χ4v) is 1.87. The highest BCUT2D eigenvalue weighted by Crippen LogP contribution is 2.32. The summed E-state index contributed by atoms with van der Waals surface area (Å²) in [6.07, 6.45) is 0. The fourth-order valence-electron chi connectivity index (χ4n) is 1.51. The summed E-state index contributed by atoms with van der Waals surface area (Å²) in [4.78, 5) is 0. The Morgan fingerprint density at radius 1 is 1.22 bits per heavy atom. The molecule has 0 fully saturated rings. The van der Waals surface area contributed by atoms with E-state index in [1.807, 2.05) is 0 Å². The first-order valence-electron chi connectivity index (χ1n) is 5.28. The van der Waals surface area contributed by atoms with Crippen molar-refractivity contribution in [3.05, 3.63) is 52.0 Å². The number of hydrogen-bond acceptors (Lipinski definition) is 3. The second-order valence-corrected chi connectivity index (χ2v) is 4.67. The first kappa shape index (κ1) is 12.5. The first-order chi connectivity index (χ1) is 8.61. The summed E-state index contributed by atoms with van der Waals surface area (Å²) < 4.78 is 6.48. The van der Waals surface area contributed by atoms with Crippen molar-refractivity contribution in [1.29, 1.82) is 5.26 Å². The topological polar surface area (TPSA) is 53.2 Å². The molecule has 4 heteroatoms. The van der Waals surface area contributed by atoms with Crippen LogP contribution >= 0.6 is 15.9 Å². The van der Waals surface area contributed by atoms with Gasteiger partial charge in [-0.1, -0.05) is 22.0 Å². The van der Waals surface area contributed by atoms with E-state index in [0.717, 1.165) is 4.47 Å². The van der Waals surface area contributed by atoms with Gasteiger partial charge in [-0.05, 0) is 37.3 Å². The minimum absolute atomic E-state index is 0.170. The van der Waals surface area contributed by atoms with E-state index in [9.17, 15) is 5.11 Å². The minimum Gasteiger partial charge on any atom is -0.508 e. The van der Waals surface area contributed by atoms with Crippen LogP contribution < -0.4 is 4.74 Å². The van der Waals surface area contributed by atoms with Crippen molar-refractivity contribution in [2.24, 2.45) is 0 Å². The van der Waals surface area contributed by atoms with Crippen molar-refractivity contribution in [2.75, 3.05) is 0 Å². The average Bonchev–Trinajstić information content (AvgIpc) is 2.37. The number of aromatic hydroxyl groups is 1. The highest BCUT2D eigenvalue weighted by molar-refractivity contribution is 9.10. The third-order valence-electron chi connectivity index (χ3n) is 2.54. The van der Waals surface area contributed by atoms with E-state index in [0.29, 0.717) is 22.6 Å². The molecule has 0 saturated heterocycles. The molecule has 2 rings (SSSR count). The molecule has 0 aromatic heterocycles. The predicted octanol–water partition coefficient (Wildman–Crippen LogP) is 4.13. The molecule has 0 heterocycles. The highest BCUT2D eigenvalue weighted by atomic mass is 79.9. The van der Waals surface area contributed by atoms with Gasteiger partial charge in [-0.2, -0.15) is 5.26 Å². The maximum atomic E-state index is 9.60. The number of nitriles is 1. The molecule has 0 aliphatic rings. The zero-order valence-electron chi connectivity index (χ0n) is 9.64. The van der Waals surface area contributed by atoms with E-state index >= 15 is 0 Å². The van der Waals surface area contributed by atoms with Crippen LogP contribution in [0.25, 0.3) is 0 Å². The highest BCUT2D eigenvalue weighted by Gasteiger charge is 2.09. The lowest BCUT2D eigenvalue weighted by molar-refractivity contribution is 0.447. The number of nitrogens with zero attached hydrogens (tertiary/aromatic N) is 1. The van der Waals surface area contributed by atoms with Crippen molar-refractivity contribution >= 4 is 15.9 Å². The molecule has 0 radical (unpaired) electrons. The van der Waals surface area contributed by atoms with Crippen LogP contribution in [-0.4, -0.2) is 5.11 Å². The van der Waals surface area contributed by atoms with Gasteiger partial charge in [-0.25, -0.2) is 0 Å². The Hall–Kier alpha value is -1.99. The zero-order valence-corrected chi connectivity index (χ0v) is 11.2. The molecule has 2 aromatic rings. The Balaban J connectivity index is 2.41. The monoisotopic (exact) mass is 303 g/mol. The maximum absolute atomic E-state index is 9.60. The van der Waals surface area contributed by atoms with Crippen LogP contribution in [0.3, 0.4) is 0 Å². The molecule has 0 aliphatic heterocycles. The molecule has 0 atom stereocenters. The molecule has 3 nitrogen and oxygen atoms in total. The number of phenols is 1. The molecule has 0 bridgehead atoms. The van der Waals surface area contributed by atoms with Crippen LogP contribution in [0.5, 0.6) is 17.2 Å². The van der Waals surface area contributed by atoms with Gasteiger partial charge in [0.25, 0.3) is 0 Å². The standard InChI is InChI=1S/C14H10BrNO2/c1-9-12(17)3-2-4-13(9)18-14-6-5-11(15)7-10(14)8-16/h2-7,17H,1H3. The second kappa shape index (κ2) is 5.11. The van der Waals surface area contributed by atoms with Crippen molar-refractivity contribution in [3.8, 4) is 23.3 Å². The largest absolute Gasteiger partial charge is 0.508 e. The quantitative estimate of drug-likeness (QED) is 0.907. The Kier molecular flexibility index (Phi) is 3.54. The third-order valence-corrected chi connectivity index (χ3v) is 3.03. The van der Waals surface area contributed by atoms with E-state index < -0.39 is 0 Å². The van der Waals surface area contributed by atoms with Gasteiger partial charge in [-0.15, -0.1) is 0 Å². The number of hydrogen-bond donors (Lipinski definition) is 1. The molecule has 0 spiro atoms. The van der Waals surface area contributed by atoms with Crippen LogP contribution in [0.1, 0.15) is 11.1 Å². The summed E-state index contributed by atoms with van der Waals surface area (Å²) in [5, 5.41) is 18.6. The third kappa shape index (κ3) is 2.47. The number of halogens is 1. The summed E-state index contributed by atoms with van der Waals surface area (Å²) in [6.45, 7) is 1.76. The van der Waals surface area contributed by atoms with E-state index in [1.54, 1.807) is 43.3 Å². The number of rotatable bonds is 2. The number of ether oxygens (including phenoxy) is 1. The normalized spacial score (nSPS) is 9.83. The molecular weight excluding hydrogens is 294 g/mol. The van der Waals surface area contributed by atoms with E-state index in [4.69, 9.17) is 10.00 Å². The average molecular weight is 304 g/mol. The fraction of sp³-hybridized carbons (Fsp3) is 0.0714. The van der Waals surface area contributed by atoms with Gasteiger partial charge in [0.05, 0.1) is 5.56 Å². The summed E-state index contributed by atoms with van der Waals surface area (Å²) in [5.74, 6) is 1.17. The molecule has 18 heavy (non-hydrogen) atoms. The summed E-state index contributed by atoms with van der Waals surface area (Å²) in [7, 11) is 0. The molecule has 0 unspecified atom stereocenters. The lowest BCUT2D eigenvalue weighted by atomic mass is 10.2. The lowest BCUT2D eigenvalue weighted by Gasteiger charge is -2.10. The van der Waals surface area contributed by atoms with Gasteiger partial charge >= 0.3 is 0 Å². The molecule has 1 N–H and O–H groups in total. The van der Waals surface area contributed by atoms with Gasteiger partial charge in [0.2, 0.25) is 0 Å². The Bertz CT molecular complexity index is 632. The summed E-state index contributed by atoms with van der Waals surface area (Å²) in [5.41, 5.74) is 1.08. The second-order valence-electron chi connectivity index (χ2n) is 3.75. The van der Waals surface area contributed by atoms with E-state index in [-0.39, 0.29) is 5.75 Å². The van der Waals surface area contributed by atoms with Gasteiger partial charge < -0.3 is 9.84 Å². The first-order valence-corrected chi connectivity index (χ1v) is 6.07. The van der Waals surface area contributed by atoms with Crippen molar-refractivity contribution in [3.63, 3.8) is 0 Å². The van der Waals surface area contributed by atoms with E-state index in [1.165, 1.54) is 0 Å². The molecule has 90 valence electrons. The predicted molar refractivity (Wildman–Crippen MR) is 71.8 cm³/mol. The summed E-state index contributed by atoms with van der Waals surface area (Å²) >= 11 is 3.30. The van der Waals surface area contributed by atoms with Gasteiger partial charge in [0.15, 0.2) is 0 Å². The SMILES string of the molecule is Cc1c(O)cccc1Oc1ccc(Br)cc1C#N. The lowest BCUT2D eigenvalue weighted by Crippen LogP contribution is -1.90. The van der Waals surface area contributed by atoms with Crippen LogP contribution in [0.15, 0.2) is 40.9 Å². The van der Waals surface area contributed by atoms with Crippen molar-refractivity contribution in [1.82, 2.24) is 0 Å². The van der Waals surface area contributed by atoms with Crippen molar-refractivity contribution in [2.45, 2.75) is 6.92 Å². The van der Waals surface area contributed by atoms with Gasteiger partial charge in [0.1, 0.15) is 23.3 Å². The molecular formula is C14H10BrNO2. The zero-order chi connectivity index (χ0) is 13.1. The van der Waals surface area contributed by atoms with Gasteiger partial charge in [0, 0.05) is 10.0 Å². The molecule has 0 aliphatic carbocycles.